The number of benzene rings is 3. The van der Waals surface area contributed by atoms with E-state index in [0.717, 1.165) is 61.0 Å². The number of ether oxygens (including phenoxy) is 2. The average molecular weight is 542 g/mol. The van der Waals surface area contributed by atoms with Crippen LogP contribution >= 0.6 is 0 Å². The predicted octanol–water partition coefficient (Wildman–Crippen LogP) is 5.77. The van der Waals surface area contributed by atoms with Crippen molar-refractivity contribution >= 4 is 11.6 Å². The Labute approximate surface area is 227 Å². The molecule has 208 valence electrons. The average Bonchev–Trinajstić information content (AvgIpc) is 2.92. The smallest absolute Gasteiger partial charge is 0.405 e. The number of nitrogens with zero attached hydrogens (tertiary/aromatic N) is 2. The van der Waals surface area contributed by atoms with Gasteiger partial charge in [0.05, 0.1) is 13.2 Å². The number of carbonyl (C=O) groups is 1. The number of amides is 1. The van der Waals surface area contributed by atoms with Crippen LogP contribution in [0.5, 0.6) is 11.5 Å². The second-order valence-corrected chi connectivity index (χ2v) is 9.37. The van der Waals surface area contributed by atoms with Crippen molar-refractivity contribution in [3.63, 3.8) is 0 Å². The van der Waals surface area contributed by atoms with Gasteiger partial charge in [0.2, 0.25) is 0 Å². The number of carbonyl (C=O) groups excluding carboxylic acids is 1. The molecule has 0 bridgehead atoms. The highest BCUT2D eigenvalue weighted by molar-refractivity contribution is 5.94. The molecule has 1 heterocycles. The molecule has 1 aliphatic rings. The molecule has 1 saturated heterocycles. The Bertz CT molecular complexity index is 1240. The first-order chi connectivity index (χ1) is 18.7. The molecule has 0 unspecified atom stereocenters. The molecular weight excluding hydrogens is 507 g/mol. The first kappa shape index (κ1) is 28.3. The summed E-state index contributed by atoms with van der Waals surface area (Å²) in [6.07, 6.45) is -4.43. The van der Waals surface area contributed by atoms with Crippen LogP contribution in [0.2, 0.25) is 0 Å². The lowest BCUT2D eigenvalue weighted by atomic mass is 10.0. The van der Waals surface area contributed by atoms with Crippen molar-refractivity contribution in [3.05, 3.63) is 77.9 Å². The summed E-state index contributed by atoms with van der Waals surface area (Å²) in [5, 5.41) is 1.90. The summed E-state index contributed by atoms with van der Waals surface area (Å²) in [7, 11) is 0. The van der Waals surface area contributed by atoms with Crippen LogP contribution in [0.1, 0.15) is 29.8 Å². The summed E-state index contributed by atoms with van der Waals surface area (Å²) >= 11 is 0. The lowest BCUT2D eigenvalue weighted by Gasteiger charge is -2.36. The third-order valence-electron chi connectivity index (χ3n) is 6.48. The fourth-order valence-corrected chi connectivity index (χ4v) is 4.63. The van der Waals surface area contributed by atoms with E-state index in [1.54, 1.807) is 24.3 Å². The van der Waals surface area contributed by atoms with Crippen LogP contribution in [-0.4, -0.2) is 62.9 Å². The summed E-state index contributed by atoms with van der Waals surface area (Å²) in [6, 6.07) is 21.1. The number of alkyl halides is 3. The molecule has 0 spiro atoms. The van der Waals surface area contributed by atoms with Crippen LogP contribution in [0.25, 0.3) is 11.1 Å². The number of nitrogens with one attached hydrogen (secondary N) is 1. The van der Waals surface area contributed by atoms with Crippen molar-refractivity contribution in [2.75, 3.05) is 50.8 Å². The van der Waals surface area contributed by atoms with Crippen LogP contribution in [0.15, 0.2) is 66.7 Å². The second kappa shape index (κ2) is 12.9. The van der Waals surface area contributed by atoms with Gasteiger partial charge in [0, 0.05) is 44.0 Å². The molecule has 1 N–H and O–H groups in total. The Hall–Kier alpha value is -3.72. The van der Waals surface area contributed by atoms with E-state index in [1.165, 1.54) is 5.56 Å². The fraction of sp³-hybridized carbons (Fsp3) is 0.367. The Balaban J connectivity index is 1.38. The molecule has 1 amide bonds. The van der Waals surface area contributed by atoms with E-state index in [1.807, 2.05) is 37.4 Å². The minimum absolute atomic E-state index is 0.207. The van der Waals surface area contributed by atoms with Crippen LogP contribution in [-0.2, 0) is 6.54 Å². The molecule has 4 rings (SSSR count). The number of anilines is 1. The normalized spacial score (nSPS) is 14.2. The zero-order valence-electron chi connectivity index (χ0n) is 22.3. The van der Waals surface area contributed by atoms with Gasteiger partial charge in [-0.2, -0.15) is 13.2 Å². The van der Waals surface area contributed by atoms with Gasteiger partial charge >= 0.3 is 6.18 Å². The minimum atomic E-state index is -4.43. The van der Waals surface area contributed by atoms with E-state index in [4.69, 9.17) is 9.47 Å². The predicted molar refractivity (Wildman–Crippen MR) is 147 cm³/mol. The molecule has 9 heteroatoms. The van der Waals surface area contributed by atoms with E-state index < -0.39 is 18.6 Å². The molecule has 0 aromatic heterocycles. The maximum atomic E-state index is 12.4. The van der Waals surface area contributed by atoms with Gasteiger partial charge < -0.3 is 19.7 Å². The zero-order chi connectivity index (χ0) is 27.8. The first-order valence-electron chi connectivity index (χ1n) is 13.2. The first-order valence-corrected chi connectivity index (χ1v) is 13.2. The molecule has 0 radical (unpaired) electrons. The minimum Gasteiger partial charge on any atom is -0.494 e. The van der Waals surface area contributed by atoms with Crippen molar-refractivity contribution in [2.45, 2.75) is 26.6 Å². The largest absolute Gasteiger partial charge is 0.494 e. The van der Waals surface area contributed by atoms with Crippen LogP contribution < -0.4 is 19.7 Å². The summed E-state index contributed by atoms with van der Waals surface area (Å²) in [5.74, 6) is 0.941. The van der Waals surface area contributed by atoms with Crippen molar-refractivity contribution < 1.29 is 27.4 Å². The number of piperazine rings is 1. The molecule has 1 aliphatic heterocycles. The van der Waals surface area contributed by atoms with Gasteiger partial charge in [-0.05, 0) is 85.1 Å². The van der Waals surface area contributed by atoms with E-state index in [2.05, 4.69) is 34.1 Å². The Kier molecular flexibility index (Phi) is 9.35. The molecule has 39 heavy (non-hydrogen) atoms. The lowest BCUT2D eigenvalue weighted by Crippen LogP contribution is -2.46. The van der Waals surface area contributed by atoms with Crippen molar-refractivity contribution in [1.82, 2.24) is 10.2 Å². The SMILES string of the molecule is CCOc1cccc(-c2cc(CN3CCN(c4ccc(C(=O)NCC(F)(F)F)cc4)CC3)cc(OCC)c2)c1. The van der Waals surface area contributed by atoms with E-state index in [0.29, 0.717) is 13.2 Å². The molecular formula is C30H34F3N3O3. The molecule has 1 fully saturated rings. The second-order valence-electron chi connectivity index (χ2n) is 9.37. The maximum absolute atomic E-state index is 12.4. The summed E-state index contributed by atoms with van der Waals surface area (Å²) in [5.41, 5.74) is 4.47. The van der Waals surface area contributed by atoms with Gasteiger partial charge in [0.15, 0.2) is 0 Å². The highest BCUT2D eigenvalue weighted by Crippen LogP contribution is 2.30. The maximum Gasteiger partial charge on any atom is 0.405 e. The third-order valence-corrected chi connectivity index (χ3v) is 6.48. The van der Waals surface area contributed by atoms with Crippen molar-refractivity contribution in [1.29, 1.82) is 0 Å². The van der Waals surface area contributed by atoms with Crippen molar-refractivity contribution in [2.24, 2.45) is 0 Å². The highest BCUT2D eigenvalue weighted by Gasteiger charge is 2.28. The quantitative estimate of drug-likeness (QED) is 0.354. The summed E-state index contributed by atoms with van der Waals surface area (Å²) in [6.45, 7) is 7.88. The molecule has 0 aliphatic carbocycles. The molecule has 0 atom stereocenters. The van der Waals surface area contributed by atoms with E-state index in [9.17, 15) is 18.0 Å². The molecule has 0 saturated carbocycles. The topological polar surface area (TPSA) is 54.0 Å². The molecule has 3 aromatic carbocycles. The van der Waals surface area contributed by atoms with Crippen LogP contribution in [0.3, 0.4) is 0 Å². The van der Waals surface area contributed by atoms with Crippen LogP contribution in [0.4, 0.5) is 18.9 Å². The van der Waals surface area contributed by atoms with Gasteiger partial charge in [-0.15, -0.1) is 0 Å². The Morgan fingerprint density at radius 3 is 2.18 bits per heavy atom. The number of halogens is 3. The van der Waals surface area contributed by atoms with Crippen LogP contribution in [0, 0.1) is 0 Å². The number of hydrogen-bond donors (Lipinski definition) is 1. The Morgan fingerprint density at radius 1 is 0.846 bits per heavy atom. The standard InChI is InChI=1S/C30H34F3N3O3/c1-3-38-27-7-5-6-24(18-27)25-16-22(17-28(19-25)39-4-2)20-35-12-14-36(15-13-35)26-10-8-23(9-11-26)29(37)34-21-30(31,32)33/h5-11,16-19H,3-4,12-15,20-21H2,1-2H3,(H,34,37). The van der Waals surface area contributed by atoms with E-state index >= 15 is 0 Å². The Morgan fingerprint density at radius 2 is 1.51 bits per heavy atom. The highest BCUT2D eigenvalue weighted by atomic mass is 19.4. The fourth-order valence-electron chi connectivity index (χ4n) is 4.63. The molecule has 6 nitrogen and oxygen atoms in total. The third kappa shape index (κ3) is 8.13. The van der Waals surface area contributed by atoms with Gasteiger partial charge in [-0.25, -0.2) is 0 Å². The van der Waals surface area contributed by atoms with E-state index in [-0.39, 0.29) is 5.56 Å². The molecule has 3 aromatic rings. The lowest BCUT2D eigenvalue weighted by molar-refractivity contribution is -0.123. The van der Waals surface area contributed by atoms with Crippen molar-refractivity contribution in [3.8, 4) is 22.6 Å². The van der Waals surface area contributed by atoms with Gasteiger partial charge in [0.1, 0.15) is 18.0 Å². The summed E-state index contributed by atoms with van der Waals surface area (Å²) < 4.78 is 48.6. The van der Waals surface area contributed by atoms with Gasteiger partial charge in [-0.3, -0.25) is 9.69 Å². The number of rotatable bonds is 10. The van der Waals surface area contributed by atoms with Gasteiger partial charge in [0.25, 0.3) is 5.91 Å². The van der Waals surface area contributed by atoms with Gasteiger partial charge in [-0.1, -0.05) is 12.1 Å². The zero-order valence-corrected chi connectivity index (χ0v) is 22.3. The monoisotopic (exact) mass is 541 g/mol. The number of hydrogen-bond acceptors (Lipinski definition) is 5. The summed E-state index contributed by atoms with van der Waals surface area (Å²) in [4.78, 5) is 16.6.